The Morgan fingerprint density at radius 1 is 1.30 bits per heavy atom. The normalized spacial score (nSPS) is 11.0. The van der Waals surface area contributed by atoms with Crippen LogP contribution in [-0.4, -0.2) is 27.4 Å². The predicted octanol–water partition coefficient (Wildman–Crippen LogP) is 2.88. The predicted molar refractivity (Wildman–Crippen MR) is 93.5 cm³/mol. The zero-order valence-corrected chi connectivity index (χ0v) is 14.4. The first-order valence-electron chi connectivity index (χ1n) is 7.06. The quantitative estimate of drug-likeness (QED) is 0.781. The number of hydrogen-bond donors (Lipinski definition) is 1. The van der Waals surface area contributed by atoms with Crippen molar-refractivity contribution in [3.63, 3.8) is 0 Å². The smallest absolute Gasteiger partial charge is 0.264 e. The summed E-state index contributed by atoms with van der Waals surface area (Å²) in [6.07, 6.45) is 1.57. The van der Waals surface area contributed by atoms with Crippen LogP contribution >= 0.6 is 11.3 Å². The molecule has 23 heavy (non-hydrogen) atoms. The monoisotopic (exact) mass is 350 g/mol. The van der Waals surface area contributed by atoms with Gasteiger partial charge in [0.05, 0.1) is 10.6 Å². The lowest BCUT2D eigenvalue weighted by Gasteiger charge is -2.23. The van der Waals surface area contributed by atoms with Crippen molar-refractivity contribution in [2.45, 2.75) is 11.8 Å². The van der Waals surface area contributed by atoms with Gasteiger partial charge in [0.25, 0.3) is 15.9 Å². The van der Waals surface area contributed by atoms with Crippen LogP contribution in [0.15, 0.2) is 59.3 Å². The molecule has 2 rings (SSSR count). The van der Waals surface area contributed by atoms with Gasteiger partial charge in [-0.2, -0.15) is 0 Å². The van der Waals surface area contributed by atoms with Crippen LogP contribution in [0.2, 0.25) is 0 Å². The van der Waals surface area contributed by atoms with E-state index in [4.69, 9.17) is 0 Å². The maximum atomic E-state index is 12.8. The van der Waals surface area contributed by atoms with Gasteiger partial charge in [-0.15, -0.1) is 17.9 Å². The molecule has 0 radical (unpaired) electrons. The molecule has 1 N–H and O–H groups in total. The minimum Gasteiger partial charge on any atom is -0.348 e. The first-order valence-corrected chi connectivity index (χ1v) is 9.38. The van der Waals surface area contributed by atoms with Crippen molar-refractivity contribution in [1.82, 2.24) is 5.32 Å². The maximum absolute atomic E-state index is 12.8. The van der Waals surface area contributed by atoms with Crippen LogP contribution in [0.3, 0.4) is 0 Å². The van der Waals surface area contributed by atoms with E-state index < -0.39 is 10.0 Å². The molecular weight excluding hydrogens is 332 g/mol. The highest BCUT2D eigenvalue weighted by molar-refractivity contribution is 7.92. The number of thiophene rings is 1. The molecule has 0 bridgehead atoms. The molecule has 0 saturated heterocycles. The Morgan fingerprint density at radius 3 is 2.61 bits per heavy atom. The average Bonchev–Trinajstić information content (AvgIpc) is 3.03. The lowest BCUT2D eigenvalue weighted by Crippen LogP contribution is -2.33. The summed E-state index contributed by atoms with van der Waals surface area (Å²) in [4.78, 5) is 12.8. The van der Waals surface area contributed by atoms with Crippen molar-refractivity contribution >= 4 is 33.0 Å². The Hall–Kier alpha value is -2.12. The first kappa shape index (κ1) is 17.2. The fourth-order valence-electron chi connectivity index (χ4n) is 2.10. The molecule has 1 amide bonds. The second kappa shape index (κ2) is 7.43. The minimum atomic E-state index is -3.71. The standard InChI is InChI=1S/C16H18N2O3S2/c1-3-11-17-16(19)15-14(10-12-22-15)18(4-2)23(20,21)13-8-6-5-7-9-13/h3,5-10,12H,1,4,11H2,2H3,(H,17,19). The third-order valence-electron chi connectivity index (χ3n) is 3.14. The molecule has 7 heteroatoms. The lowest BCUT2D eigenvalue weighted by molar-refractivity contribution is 0.0962. The van der Waals surface area contributed by atoms with Crippen LogP contribution in [0.5, 0.6) is 0 Å². The average molecular weight is 350 g/mol. The minimum absolute atomic E-state index is 0.200. The SMILES string of the molecule is C=CCNC(=O)c1sccc1N(CC)S(=O)(=O)c1ccccc1. The van der Waals surface area contributed by atoms with Crippen molar-refractivity contribution in [3.8, 4) is 0 Å². The van der Waals surface area contributed by atoms with Gasteiger partial charge in [-0.1, -0.05) is 24.3 Å². The van der Waals surface area contributed by atoms with Crippen LogP contribution in [0.1, 0.15) is 16.6 Å². The number of benzene rings is 1. The van der Waals surface area contributed by atoms with Crippen molar-refractivity contribution in [2.75, 3.05) is 17.4 Å². The van der Waals surface area contributed by atoms with Crippen LogP contribution in [0.4, 0.5) is 5.69 Å². The molecule has 0 saturated carbocycles. The molecule has 122 valence electrons. The maximum Gasteiger partial charge on any atom is 0.264 e. The summed E-state index contributed by atoms with van der Waals surface area (Å²) in [5.74, 6) is -0.309. The largest absolute Gasteiger partial charge is 0.348 e. The van der Waals surface area contributed by atoms with Gasteiger partial charge in [0.2, 0.25) is 0 Å². The summed E-state index contributed by atoms with van der Waals surface area (Å²) >= 11 is 1.21. The third kappa shape index (κ3) is 3.62. The molecule has 1 aromatic carbocycles. The molecule has 0 unspecified atom stereocenters. The Bertz CT molecular complexity index is 783. The number of sulfonamides is 1. The Morgan fingerprint density at radius 2 is 2.00 bits per heavy atom. The fourth-order valence-corrected chi connectivity index (χ4v) is 4.48. The van der Waals surface area contributed by atoms with Gasteiger partial charge >= 0.3 is 0 Å². The molecular formula is C16H18N2O3S2. The second-order valence-electron chi connectivity index (χ2n) is 4.62. The van der Waals surface area contributed by atoms with Crippen LogP contribution in [-0.2, 0) is 10.0 Å². The first-order chi connectivity index (χ1) is 11.0. The van der Waals surface area contributed by atoms with Gasteiger partial charge in [0.1, 0.15) is 4.88 Å². The van der Waals surface area contributed by atoms with Gasteiger partial charge in [-0.05, 0) is 30.5 Å². The third-order valence-corrected chi connectivity index (χ3v) is 5.95. The number of carbonyl (C=O) groups is 1. The molecule has 0 aliphatic carbocycles. The van der Waals surface area contributed by atoms with E-state index in [9.17, 15) is 13.2 Å². The molecule has 0 fully saturated rings. The molecule has 1 heterocycles. The second-order valence-corrected chi connectivity index (χ2v) is 7.39. The highest BCUT2D eigenvalue weighted by Gasteiger charge is 2.27. The Labute approximate surface area is 140 Å². The zero-order valence-electron chi connectivity index (χ0n) is 12.7. The number of amides is 1. The summed E-state index contributed by atoms with van der Waals surface area (Å²) in [6, 6.07) is 9.84. The van der Waals surface area contributed by atoms with Crippen molar-refractivity contribution < 1.29 is 13.2 Å². The molecule has 0 atom stereocenters. The highest BCUT2D eigenvalue weighted by Crippen LogP contribution is 2.30. The van der Waals surface area contributed by atoms with E-state index in [1.807, 2.05) is 0 Å². The van der Waals surface area contributed by atoms with Crippen LogP contribution in [0, 0.1) is 0 Å². The summed E-state index contributed by atoms with van der Waals surface area (Å²) < 4.78 is 26.9. The summed E-state index contributed by atoms with van der Waals surface area (Å²) in [6.45, 7) is 5.85. The topological polar surface area (TPSA) is 66.5 Å². The number of carbonyl (C=O) groups excluding carboxylic acids is 1. The van der Waals surface area contributed by atoms with Gasteiger partial charge in [0.15, 0.2) is 0 Å². The van der Waals surface area contributed by atoms with Gasteiger partial charge in [-0.3, -0.25) is 9.10 Å². The summed E-state index contributed by atoms with van der Waals surface area (Å²) in [5, 5.41) is 4.39. The molecule has 0 aliphatic rings. The van der Waals surface area contributed by atoms with Crippen LogP contribution < -0.4 is 9.62 Å². The van der Waals surface area contributed by atoms with E-state index in [2.05, 4.69) is 11.9 Å². The Balaban J connectivity index is 2.41. The lowest BCUT2D eigenvalue weighted by atomic mass is 10.3. The number of nitrogens with zero attached hydrogens (tertiary/aromatic N) is 1. The fraction of sp³-hybridized carbons (Fsp3) is 0.188. The molecule has 0 aliphatic heterocycles. The van der Waals surface area contributed by atoms with Gasteiger partial charge in [0, 0.05) is 13.1 Å². The summed E-state index contributed by atoms with van der Waals surface area (Å²) in [5.41, 5.74) is 0.392. The number of rotatable bonds is 7. The zero-order chi connectivity index (χ0) is 16.9. The number of anilines is 1. The van der Waals surface area contributed by atoms with Crippen LogP contribution in [0.25, 0.3) is 0 Å². The van der Waals surface area contributed by atoms with Crippen molar-refractivity contribution in [3.05, 3.63) is 59.3 Å². The molecule has 2 aromatic rings. The van der Waals surface area contributed by atoms with Crippen molar-refractivity contribution in [2.24, 2.45) is 0 Å². The van der Waals surface area contributed by atoms with Gasteiger partial charge in [-0.25, -0.2) is 8.42 Å². The van der Waals surface area contributed by atoms with E-state index in [1.165, 1.54) is 15.6 Å². The summed E-state index contributed by atoms with van der Waals surface area (Å²) in [7, 11) is -3.71. The number of nitrogens with one attached hydrogen (secondary N) is 1. The molecule has 0 spiro atoms. The van der Waals surface area contributed by atoms with E-state index in [0.717, 1.165) is 0 Å². The van der Waals surface area contributed by atoms with Gasteiger partial charge < -0.3 is 5.32 Å². The molecule has 5 nitrogen and oxygen atoms in total. The number of hydrogen-bond acceptors (Lipinski definition) is 4. The molecule has 1 aromatic heterocycles. The highest BCUT2D eigenvalue weighted by atomic mass is 32.2. The van der Waals surface area contributed by atoms with E-state index >= 15 is 0 Å². The van der Waals surface area contributed by atoms with Crippen molar-refractivity contribution in [1.29, 1.82) is 0 Å². The Kier molecular flexibility index (Phi) is 5.57. The van der Waals surface area contributed by atoms with E-state index in [1.54, 1.807) is 54.8 Å². The van der Waals surface area contributed by atoms with E-state index in [0.29, 0.717) is 17.1 Å². The van der Waals surface area contributed by atoms with E-state index in [-0.39, 0.29) is 17.3 Å².